The Morgan fingerprint density at radius 3 is 2.58 bits per heavy atom. The van der Waals surface area contributed by atoms with E-state index in [-0.39, 0.29) is 21.5 Å². The minimum atomic E-state index is -1.08. The van der Waals surface area contributed by atoms with Gasteiger partial charge in [0.05, 0.1) is 10.0 Å². The van der Waals surface area contributed by atoms with Crippen molar-refractivity contribution in [3.63, 3.8) is 0 Å². The SMILES string of the molecule is CC(C)C[C@H](NC(=O)c1c[nH]c(=O)c(Br)c1)C(=O)O. The standard InChI is InChI=1S/C12H15BrN2O4/c1-6(2)3-9(12(18)19)15-10(16)7-4-8(13)11(17)14-5-7/h4-6,9H,3H2,1-2H3,(H,14,17)(H,15,16)(H,18,19)/t9-/m0/s1. The van der Waals surface area contributed by atoms with Gasteiger partial charge in [0, 0.05) is 6.20 Å². The van der Waals surface area contributed by atoms with Crippen LogP contribution in [0.5, 0.6) is 0 Å². The van der Waals surface area contributed by atoms with E-state index in [2.05, 4.69) is 26.2 Å². The first-order chi connectivity index (χ1) is 8.81. The van der Waals surface area contributed by atoms with Crippen molar-refractivity contribution in [3.05, 3.63) is 32.7 Å². The molecule has 0 radical (unpaired) electrons. The lowest BCUT2D eigenvalue weighted by molar-refractivity contribution is -0.139. The molecular formula is C12H15BrN2O4. The molecule has 1 rings (SSSR count). The number of hydrogen-bond donors (Lipinski definition) is 3. The van der Waals surface area contributed by atoms with E-state index in [1.165, 1.54) is 12.3 Å². The Morgan fingerprint density at radius 1 is 1.47 bits per heavy atom. The number of carbonyl (C=O) groups is 2. The molecule has 1 aromatic rings. The Hall–Kier alpha value is -1.63. The van der Waals surface area contributed by atoms with Gasteiger partial charge in [0.15, 0.2) is 0 Å². The van der Waals surface area contributed by atoms with E-state index in [4.69, 9.17) is 5.11 Å². The van der Waals surface area contributed by atoms with Crippen LogP contribution in [0.3, 0.4) is 0 Å². The number of aromatic amines is 1. The smallest absolute Gasteiger partial charge is 0.326 e. The highest BCUT2D eigenvalue weighted by molar-refractivity contribution is 9.10. The number of aromatic nitrogens is 1. The fourth-order valence-electron chi connectivity index (χ4n) is 1.52. The number of H-pyrrole nitrogens is 1. The van der Waals surface area contributed by atoms with Crippen molar-refractivity contribution in [3.8, 4) is 0 Å². The molecule has 3 N–H and O–H groups in total. The van der Waals surface area contributed by atoms with Crippen LogP contribution < -0.4 is 10.9 Å². The zero-order chi connectivity index (χ0) is 14.6. The summed E-state index contributed by atoms with van der Waals surface area (Å²) in [5.74, 6) is -1.47. The Labute approximate surface area is 118 Å². The van der Waals surface area contributed by atoms with Gasteiger partial charge in [-0.1, -0.05) is 13.8 Å². The van der Waals surface area contributed by atoms with Gasteiger partial charge in [0.2, 0.25) is 0 Å². The van der Waals surface area contributed by atoms with Crippen LogP contribution in [-0.4, -0.2) is 28.0 Å². The number of hydrogen-bond acceptors (Lipinski definition) is 3. The molecule has 0 aliphatic rings. The fraction of sp³-hybridized carbons (Fsp3) is 0.417. The van der Waals surface area contributed by atoms with Crippen molar-refractivity contribution in [2.45, 2.75) is 26.3 Å². The average Bonchev–Trinajstić information content (AvgIpc) is 2.31. The first-order valence-corrected chi connectivity index (χ1v) is 6.52. The van der Waals surface area contributed by atoms with E-state index < -0.39 is 17.9 Å². The van der Waals surface area contributed by atoms with Crippen molar-refractivity contribution in [2.24, 2.45) is 5.92 Å². The summed E-state index contributed by atoms with van der Waals surface area (Å²) >= 11 is 3.01. The van der Waals surface area contributed by atoms with Crippen molar-refractivity contribution < 1.29 is 14.7 Å². The molecule has 0 aromatic carbocycles. The van der Waals surface area contributed by atoms with E-state index >= 15 is 0 Å². The summed E-state index contributed by atoms with van der Waals surface area (Å²) in [4.78, 5) is 36.5. The highest BCUT2D eigenvalue weighted by Gasteiger charge is 2.22. The normalized spacial score (nSPS) is 12.2. The number of rotatable bonds is 5. The van der Waals surface area contributed by atoms with E-state index in [1.807, 2.05) is 13.8 Å². The van der Waals surface area contributed by atoms with E-state index in [1.54, 1.807) is 0 Å². The number of aliphatic carboxylic acids is 1. The topological polar surface area (TPSA) is 99.3 Å². The molecule has 1 amide bonds. The summed E-state index contributed by atoms with van der Waals surface area (Å²) in [7, 11) is 0. The Morgan fingerprint density at radius 2 is 2.11 bits per heavy atom. The molecule has 0 spiro atoms. The predicted molar refractivity (Wildman–Crippen MR) is 73.1 cm³/mol. The maximum absolute atomic E-state index is 11.9. The third-order valence-corrected chi connectivity index (χ3v) is 3.02. The number of amides is 1. The summed E-state index contributed by atoms with van der Waals surface area (Å²) in [5.41, 5.74) is -0.157. The van der Waals surface area contributed by atoms with Crippen LogP contribution in [-0.2, 0) is 4.79 Å². The molecule has 1 atom stereocenters. The molecule has 0 aliphatic carbocycles. The van der Waals surface area contributed by atoms with Crippen LogP contribution in [0.25, 0.3) is 0 Å². The first kappa shape index (κ1) is 15.4. The lowest BCUT2D eigenvalue weighted by atomic mass is 10.0. The summed E-state index contributed by atoms with van der Waals surface area (Å²) in [6, 6.07) is 0.404. The number of carboxylic acids is 1. The van der Waals surface area contributed by atoms with E-state index in [0.717, 1.165) is 0 Å². The average molecular weight is 331 g/mol. The summed E-state index contributed by atoms with van der Waals surface area (Å²) < 4.78 is 0.218. The molecule has 104 valence electrons. The molecule has 0 unspecified atom stereocenters. The molecule has 0 bridgehead atoms. The molecule has 0 fully saturated rings. The van der Waals surface area contributed by atoms with Gasteiger partial charge in [-0.3, -0.25) is 9.59 Å². The number of carbonyl (C=O) groups excluding carboxylic acids is 1. The van der Waals surface area contributed by atoms with Crippen LogP contribution in [0, 0.1) is 5.92 Å². The van der Waals surface area contributed by atoms with Crippen molar-refractivity contribution in [2.75, 3.05) is 0 Å². The zero-order valence-corrected chi connectivity index (χ0v) is 12.2. The first-order valence-electron chi connectivity index (χ1n) is 5.73. The van der Waals surface area contributed by atoms with Gasteiger partial charge in [-0.2, -0.15) is 0 Å². The third-order valence-electron chi connectivity index (χ3n) is 2.43. The minimum Gasteiger partial charge on any atom is -0.480 e. The van der Waals surface area contributed by atoms with E-state index in [0.29, 0.717) is 6.42 Å². The molecule has 0 saturated carbocycles. The molecule has 6 nitrogen and oxygen atoms in total. The Bertz CT molecular complexity index is 539. The van der Waals surface area contributed by atoms with Crippen LogP contribution in [0.2, 0.25) is 0 Å². The molecule has 0 saturated heterocycles. The monoisotopic (exact) mass is 330 g/mol. The second-order valence-electron chi connectivity index (χ2n) is 4.56. The van der Waals surface area contributed by atoms with Gasteiger partial charge in [-0.25, -0.2) is 4.79 Å². The van der Waals surface area contributed by atoms with Gasteiger partial charge < -0.3 is 15.4 Å². The predicted octanol–water partition coefficient (Wildman–Crippen LogP) is 1.37. The van der Waals surface area contributed by atoms with Gasteiger partial charge in [0.1, 0.15) is 6.04 Å². The number of halogens is 1. The van der Waals surface area contributed by atoms with Crippen molar-refractivity contribution in [1.82, 2.24) is 10.3 Å². The fourth-order valence-corrected chi connectivity index (χ4v) is 1.88. The van der Waals surface area contributed by atoms with Gasteiger partial charge >= 0.3 is 5.97 Å². The quantitative estimate of drug-likeness (QED) is 0.759. The minimum absolute atomic E-state index is 0.142. The van der Waals surface area contributed by atoms with Gasteiger partial charge in [-0.15, -0.1) is 0 Å². The van der Waals surface area contributed by atoms with Crippen molar-refractivity contribution in [1.29, 1.82) is 0 Å². The second kappa shape index (κ2) is 6.51. The molecule has 19 heavy (non-hydrogen) atoms. The Kier molecular flexibility index (Phi) is 5.29. The van der Waals surface area contributed by atoms with Gasteiger partial charge in [-0.05, 0) is 34.3 Å². The van der Waals surface area contributed by atoms with E-state index in [9.17, 15) is 14.4 Å². The summed E-state index contributed by atoms with van der Waals surface area (Å²) in [6.45, 7) is 3.75. The maximum Gasteiger partial charge on any atom is 0.326 e. The van der Waals surface area contributed by atoms with Crippen LogP contribution in [0.15, 0.2) is 21.5 Å². The summed E-state index contributed by atoms with van der Waals surface area (Å²) in [5, 5.41) is 11.5. The highest BCUT2D eigenvalue weighted by Crippen LogP contribution is 2.08. The third kappa shape index (κ3) is 4.51. The molecular weight excluding hydrogens is 316 g/mol. The lowest BCUT2D eigenvalue weighted by Crippen LogP contribution is -2.41. The molecule has 1 aromatic heterocycles. The highest BCUT2D eigenvalue weighted by atomic mass is 79.9. The number of carboxylic acid groups (broad SMARTS) is 1. The maximum atomic E-state index is 11.9. The molecule has 1 heterocycles. The van der Waals surface area contributed by atoms with Crippen LogP contribution >= 0.6 is 15.9 Å². The van der Waals surface area contributed by atoms with Crippen LogP contribution in [0.1, 0.15) is 30.6 Å². The van der Waals surface area contributed by atoms with Crippen LogP contribution in [0.4, 0.5) is 0 Å². The largest absolute Gasteiger partial charge is 0.480 e. The zero-order valence-electron chi connectivity index (χ0n) is 10.6. The number of pyridine rings is 1. The Balaban J connectivity index is 2.84. The van der Waals surface area contributed by atoms with Gasteiger partial charge in [0.25, 0.3) is 11.5 Å². The summed E-state index contributed by atoms with van der Waals surface area (Å²) in [6.07, 6.45) is 1.59. The molecule has 0 aliphatic heterocycles. The molecule has 7 heteroatoms. The second-order valence-corrected chi connectivity index (χ2v) is 5.41. The lowest BCUT2D eigenvalue weighted by Gasteiger charge is -2.16. The van der Waals surface area contributed by atoms with Crippen molar-refractivity contribution >= 4 is 27.8 Å². The number of nitrogens with one attached hydrogen (secondary N) is 2.